The van der Waals surface area contributed by atoms with Gasteiger partial charge in [-0.2, -0.15) is 0 Å². The van der Waals surface area contributed by atoms with Gasteiger partial charge in [-0.05, 0) is 0 Å². The summed E-state index contributed by atoms with van der Waals surface area (Å²) in [5, 5.41) is 0. The number of allylic oxidation sites excluding steroid dienone is 4. The third-order valence-corrected chi connectivity index (χ3v) is 1.98. The second kappa shape index (κ2) is 5.14. The maximum Gasteiger partial charge on any atom is 0.334 e. The minimum atomic E-state index is -0.434. The standard InChI is InChI=1S/C11H12O4/c1-14-10(12)8-5-3-4-6-9(7-8)11(13)15-2/h3-6H,7H2,1-2H3. The van der Waals surface area contributed by atoms with Crippen LogP contribution in [0.25, 0.3) is 0 Å². The highest BCUT2D eigenvalue weighted by molar-refractivity contribution is 5.95. The molecule has 0 radical (unpaired) electrons. The van der Waals surface area contributed by atoms with Crippen LogP contribution < -0.4 is 0 Å². The SMILES string of the molecule is COC(=O)C1=CC=CC=C(C(=O)OC)C1. The molecule has 0 N–H and O–H groups in total. The van der Waals surface area contributed by atoms with Crippen LogP contribution in [0.15, 0.2) is 35.5 Å². The Hall–Kier alpha value is -1.84. The van der Waals surface area contributed by atoms with Gasteiger partial charge in [0.15, 0.2) is 0 Å². The predicted molar refractivity (Wildman–Crippen MR) is 54.0 cm³/mol. The second-order valence-electron chi connectivity index (χ2n) is 2.93. The minimum absolute atomic E-state index is 0.229. The Morgan fingerprint density at radius 2 is 1.40 bits per heavy atom. The molecule has 0 spiro atoms. The van der Waals surface area contributed by atoms with E-state index in [0.717, 1.165) is 0 Å². The minimum Gasteiger partial charge on any atom is -0.466 e. The number of carbonyl (C=O) groups is 2. The zero-order valence-corrected chi connectivity index (χ0v) is 8.65. The lowest BCUT2D eigenvalue weighted by molar-refractivity contribution is -0.136. The van der Waals surface area contributed by atoms with Crippen molar-refractivity contribution >= 4 is 11.9 Å². The summed E-state index contributed by atoms with van der Waals surface area (Å²) in [6.45, 7) is 0. The number of carbonyl (C=O) groups excluding carboxylic acids is 2. The van der Waals surface area contributed by atoms with Crippen LogP contribution in [0.4, 0.5) is 0 Å². The number of methoxy groups -OCH3 is 2. The lowest BCUT2D eigenvalue weighted by Crippen LogP contribution is -2.10. The second-order valence-corrected chi connectivity index (χ2v) is 2.93. The zero-order chi connectivity index (χ0) is 11.3. The first-order valence-electron chi connectivity index (χ1n) is 4.42. The predicted octanol–water partition coefficient (Wildman–Crippen LogP) is 1.15. The maximum absolute atomic E-state index is 11.3. The molecule has 0 saturated heterocycles. The molecule has 0 amide bonds. The fraction of sp³-hybridized carbons (Fsp3) is 0.273. The van der Waals surface area contributed by atoms with Crippen molar-refractivity contribution in [3.05, 3.63) is 35.5 Å². The largest absolute Gasteiger partial charge is 0.466 e. The van der Waals surface area contributed by atoms with E-state index in [2.05, 4.69) is 9.47 Å². The summed E-state index contributed by atoms with van der Waals surface area (Å²) in [6, 6.07) is 0. The van der Waals surface area contributed by atoms with Crippen LogP contribution in [0.3, 0.4) is 0 Å². The molecule has 0 aromatic carbocycles. The van der Waals surface area contributed by atoms with Crippen LogP contribution in [0, 0.1) is 0 Å². The van der Waals surface area contributed by atoms with Crippen LogP contribution in [0.5, 0.6) is 0 Å². The molecule has 0 aliphatic heterocycles. The van der Waals surface area contributed by atoms with Gasteiger partial charge in [0.25, 0.3) is 0 Å². The fourth-order valence-electron chi connectivity index (χ4n) is 1.21. The summed E-state index contributed by atoms with van der Waals surface area (Å²) in [5.41, 5.74) is 0.866. The van der Waals surface area contributed by atoms with Gasteiger partial charge in [0.05, 0.1) is 14.2 Å². The molecule has 1 aliphatic rings. The molecule has 0 aromatic heterocycles. The van der Waals surface area contributed by atoms with E-state index < -0.39 is 11.9 Å². The van der Waals surface area contributed by atoms with E-state index >= 15 is 0 Å². The molecule has 4 heteroatoms. The number of hydrogen-bond donors (Lipinski definition) is 0. The molecule has 0 saturated carbocycles. The molecule has 0 atom stereocenters. The van der Waals surface area contributed by atoms with Gasteiger partial charge in [0.1, 0.15) is 0 Å². The van der Waals surface area contributed by atoms with Crippen LogP contribution >= 0.6 is 0 Å². The molecule has 0 aromatic rings. The Bertz CT molecular complexity index is 327. The van der Waals surface area contributed by atoms with Crippen molar-refractivity contribution in [3.63, 3.8) is 0 Å². The average molecular weight is 208 g/mol. The normalized spacial score (nSPS) is 14.8. The molecular weight excluding hydrogens is 196 g/mol. The van der Waals surface area contributed by atoms with Crippen molar-refractivity contribution in [2.75, 3.05) is 14.2 Å². The van der Waals surface area contributed by atoms with Gasteiger partial charge in [-0.15, -0.1) is 0 Å². The first-order valence-corrected chi connectivity index (χ1v) is 4.42. The topological polar surface area (TPSA) is 52.6 Å². The Labute approximate surface area is 87.9 Å². The summed E-state index contributed by atoms with van der Waals surface area (Å²) in [5.74, 6) is -0.868. The van der Waals surface area contributed by atoms with E-state index in [4.69, 9.17) is 0 Å². The number of rotatable bonds is 2. The van der Waals surface area contributed by atoms with Gasteiger partial charge in [0.2, 0.25) is 0 Å². The van der Waals surface area contributed by atoms with Gasteiger partial charge >= 0.3 is 11.9 Å². The number of hydrogen-bond acceptors (Lipinski definition) is 4. The first-order chi connectivity index (χ1) is 7.19. The van der Waals surface area contributed by atoms with Crippen molar-refractivity contribution in [1.82, 2.24) is 0 Å². The van der Waals surface area contributed by atoms with E-state index in [9.17, 15) is 9.59 Å². The Balaban J connectivity index is 2.86. The van der Waals surface area contributed by atoms with Gasteiger partial charge in [0, 0.05) is 17.6 Å². The van der Waals surface area contributed by atoms with E-state index in [1.807, 2.05) is 0 Å². The van der Waals surface area contributed by atoms with Crippen LogP contribution in [-0.2, 0) is 19.1 Å². The van der Waals surface area contributed by atoms with E-state index in [0.29, 0.717) is 11.1 Å². The van der Waals surface area contributed by atoms with Crippen molar-refractivity contribution in [3.8, 4) is 0 Å². The first kappa shape index (κ1) is 11.2. The Morgan fingerprint density at radius 3 is 1.73 bits per heavy atom. The highest BCUT2D eigenvalue weighted by atomic mass is 16.5. The quantitative estimate of drug-likeness (QED) is 0.639. The van der Waals surface area contributed by atoms with Crippen LogP contribution in [0.2, 0.25) is 0 Å². The molecule has 1 rings (SSSR count). The number of esters is 2. The van der Waals surface area contributed by atoms with Crippen molar-refractivity contribution in [2.45, 2.75) is 6.42 Å². The molecule has 80 valence electrons. The molecule has 0 unspecified atom stereocenters. The fourth-order valence-corrected chi connectivity index (χ4v) is 1.21. The van der Waals surface area contributed by atoms with Crippen molar-refractivity contribution < 1.29 is 19.1 Å². The average Bonchev–Trinajstić information content (AvgIpc) is 2.52. The lowest BCUT2D eigenvalue weighted by atomic mass is 10.1. The molecule has 0 heterocycles. The van der Waals surface area contributed by atoms with E-state index in [1.165, 1.54) is 14.2 Å². The molecule has 4 nitrogen and oxygen atoms in total. The van der Waals surface area contributed by atoms with Gasteiger partial charge in [-0.1, -0.05) is 24.3 Å². The third kappa shape index (κ3) is 2.80. The van der Waals surface area contributed by atoms with Crippen LogP contribution in [-0.4, -0.2) is 26.2 Å². The van der Waals surface area contributed by atoms with E-state index in [-0.39, 0.29) is 6.42 Å². The van der Waals surface area contributed by atoms with Crippen molar-refractivity contribution in [1.29, 1.82) is 0 Å². The summed E-state index contributed by atoms with van der Waals surface area (Å²) in [7, 11) is 2.61. The highest BCUT2D eigenvalue weighted by Crippen LogP contribution is 2.16. The molecular formula is C11H12O4. The third-order valence-electron chi connectivity index (χ3n) is 1.98. The Kier molecular flexibility index (Phi) is 3.85. The number of ether oxygens (including phenoxy) is 2. The molecule has 0 fully saturated rings. The monoisotopic (exact) mass is 208 g/mol. The Morgan fingerprint density at radius 1 is 1.00 bits per heavy atom. The smallest absolute Gasteiger partial charge is 0.334 e. The lowest BCUT2D eigenvalue weighted by Gasteiger charge is -2.05. The molecule has 0 bridgehead atoms. The zero-order valence-electron chi connectivity index (χ0n) is 8.65. The van der Waals surface area contributed by atoms with Gasteiger partial charge < -0.3 is 9.47 Å². The van der Waals surface area contributed by atoms with Gasteiger partial charge in [-0.3, -0.25) is 0 Å². The summed E-state index contributed by atoms with van der Waals surface area (Å²) >= 11 is 0. The highest BCUT2D eigenvalue weighted by Gasteiger charge is 2.17. The van der Waals surface area contributed by atoms with Crippen LogP contribution in [0.1, 0.15) is 6.42 Å². The van der Waals surface area contributed by atoms with E-state index in [1.54, 1.807) is 24.3 Å². The summed E-state index contributed by atoms with van der Waals surface area (Å²) < 4.78 is 9.17. The summed E-state index contributed by atoms with van der Waals surface area (Å²) in [6.07, 6.45) is 6.84. The molecule has 1 aliphatic carbocycles. The van der Waals surface area contributed by atoms with Crippen molar-refractivity contribution in [2.24, 2.45) is 0 Å². The maximum atomic E-state index is 11.3. The summed E-state index contributed by atoms with van der Waals surface area (Å²) in [4.78, 5) is 22.5. The van der Waals surface area contributed by atoms with Gasteiger partial charge in [-0.25, -0.2) is 9.59 Å². The molecule has 15 heavy (non-hydrogen) atoms.